The minimum atomic E-state index is 0.665. The number of hydrogen-bond acceptors (Lipinski definition) is 1. The van der Waals surface area contributed by atoms with Crippen LogP contribution in [0.1, 0.15) is 57.1 Å². The standard InChI is InChI=1S/C17H25N/c1-3-5-6-9-14(4-2)17-16-11-8-7-10-15(16)12-13-18-17/h7-8,10-11,14H,3-6,9,12-13H2,1-2H3. The Hall–Kier alpha value is -1.11. The Morgan fingerprint density at radius 3 is 2.78 bits per heavy atom. The van der Waals surface area contributed by atoms with Crippen LogP contribution < -0.4 is 0 Å². The Kier molecular flexibility index (Phi) is 4.98. The first kappa shape index (κ1) is 13.3. The summed E-state index contributed by atoms with van der Waals surface area (Å²) >= 11 is 0. The molecule has 0 saturated heterocycles. The van der Waals surface area contributed by atoms with Gasteiger partial charge in [-0.1, -0.05) is 57.4 Å². The van der Waals surface area contributed by atoms with Gasteiger partial charge in [0.05, 0.1) is 0 Å². The maximum absolute atomic E-state index is 4.84. The summed E-state index contributed by atoms with van der Waals surface area (Å²) in [6.45, 7) is 5.56. The van der Waals surface area contributed by atoms with Gasteiger partial charge in [-0.05, 0) is 30.4 Å². The van der Waals surface area contributed by atoms with Crippen LogP contribution in [0.3, 0.4) is 0 Å². The summed E-state index contributed by atoms with van der Waals surface area (Å²) in [5.41, 5.74) is 4.30. The van der Waals surface area contributed by atoms with Crippen LogP contribution in [-0.4, -0.2) is 12.3 Å². The molecule has 1 aromatic rings. The first-order valence-corrected chi connectivity index (χ1v) is 7.49. The smallest absolute Gasteiger partial charge is 0.0454 e. The van der Waals surface area contributed by atoms with Crippen molar-refractivity contribution in [3.05, 3.63) is 35.4 Å². The number of rotatable bonds is 6. The van der Waals surface area contributed by atoms with Gasteiger partial charge in [0.25, 0.3) is 0 Å². The molecule has 1 aliphatic rings. The normalized spacial score (nSPS) is 16.0. The molecule has 1 unspecified atom stereocenters. The zero-order valence-corrected chi connectivity index (χ0v) is 11.8. The van der Waals surface area contributed by atoms with Gasteiger partial charge in [0, 0.05) is 18.2 Å². The van der Waals surface area contributed by atoms with Crippen molar-refractivity contribution in [3.8, 4) is 0 Å². The molecule has 0 bridgehead atoms. The van der Waals surface area contributed by atoms with Crippen LogP contribution in [0.4, 0.5) is 0 Å². The minimum Gasteiger partial charge on any atom is -0.288 e. The topological polar surface area (TPSA) is 12.4 Å². The summed E-state index contributed by atoms with van der Waals surface area (Å²) in [4.78, 5) is 4.84. The van der Waals surface area contributed by atoms with E-state index < -0.39 is 0 Å². The molecule has 1 heterocycles. The van der Waals surface area contributed by atoms with Gasteiger partial charge >= 0.3 is 0 Å². The fraction of sp³-hybridized carbons (Fsp3) is 0.588. The predicted molar refractivity (Wildman–Crippen MR) is 79.5 cm³/mol. The maximum Gasteiger partial charge on any atom is 0.0454 e. The quantitative estimate of drug-likeness (QED) is 0.645. The highest BCUT2D eigenvalue weighted by Gasteiger charge is 2.20. The van der Waals surface area contributed by atoms with Crippen molar-refractivity contribution < 1.29 is 0 Å². The van der Waals surface area contributed by atoms with Gasteiger partial charge in [-0.2, -0.15) is 0 Å². The lowest BCUT2D eigenvalue weighted by Crippen LogP contribution is -2.21. The van der Waals surface area contributed by atoms with Crippen molar-refractivity contribution in [1.82, 2.24) is 0 Å². The molecule has 1 aromatic carbocycles. The number of benzene rings is 1. The third-order valence-corrected chi connectivity index (χ3v) is 3.99. The van der Waals surface area contributed by atoms with E-state index in [4.69, 9.17) is 4.99 Å². The average Bonchev–Trinajstić information content (AvgIpc) is 2.43. The van der Waals surface area contributed by atoms with E-state index in [1.165, 1.54) is 48.9 Å². The number of hydrogen-bond donors (Lipinski definition) is 0. The molecule has 1 atom stereocenters. The molecule has 0 radical (unpaired) electrons. The molecule has 0 amide bonds. The van der Waals surface area contributed by atoms with Crippen molar-refractivity contribution in [3.63, 3.8) is 0 Å². The molecule has 1 heteroatoms. The second-order valence-electron chi connectivity index (χ2n) is 5.28. The minimum absolute atomic E-state index is 0.665. The third kappa shape index (κ3) is 3.01. The Labute approximate surface area is 111 Å². The van der Waals surface area contributed by atoms with Crippen LogP contribution in [0, 0.1) is 5.92 Å². The van der Waals surface area contributed by atoms with Gasteiger partial charge in [0.15, 0.2) is 0 Å². The van der Waals surface area contributed by atoms with Crippen molar-refractivity contribution in [1.29, 1.82) is 0 Å². The first-order valence-electron chi connectivity index (χ1n) is 7.49. The molecule has 1 aliphatic heterocycles. The summed E-state index contributed by atoms with van der Waals surface area (Å²) in [7, 11) is 0. The van der Waals surface area contributed by atoms with Gasteiger partial charge in [-0.25, -0.2) is 0 Å². The van der Waals surface area contributed by atoms with Crippen LogP contribution in [-0.2, 0) is 6.42 Å². The van der Waals surface area contributed by atoms with E-state index in [0.717, 1.165) is 13.0 Å². The Morgan fingerprint density at radius 1 is 1.17 bits per heavy atom. The van der Waals surface area contributed by atoms with E-state index >= 15 is 0 Å². The van der Waals surface area contributed by atoms with Crippen LogP contribution in [0.5, 0.6) is 0 Å². The molecule has 18 heavy (non-hydrogen) atoms. The Balaban J connectivity index is 2.13. The predicted octanol–water partition coefficient (Wildman–Crippen LogP) is 4.64. The highest BCUT2D eigenvalue weighted by atomic mass is 14.8. The Morgan fingerprint density at radius 2 is 2.00 bits per heavy atom. The van der Waals surface area contributed by atoms with E-state index in [1.54, 1.807) is 0 Å². The lowest BCUT2D eigenvalue weighted by molar-refractivity contribution is 0.549. The van der Waals surface area contributed by atoms with Gasteiger partial charge in [0.2, 0.25) is 0 Å². The lowest BCUT2D eigenvalue weighted by Gasteiger charge is -2.23. The van der Waals surface area contributed by atoms with E-state index in [-0.39, 0.29) is 0 Å². The summed E-state index contributed by atoms with van der Waals surface area (Å²) in [5.74, 6) is 0.665. The van der Waals surface area contributed by atoms with Gasteiger partial charge in [-0.15, -0.1) is 0 Å². The molecule has 0 fully saturated rings. The van der Waals surface area contributed by atoms with Crippen molar-refractivity contribution in [2.75, 3.05) is 6.54 Å². The molecule has 0 spiro atoms. The SMILES string of the molecule is CCCCCC(CC)C1=NCCc2ccccc21. The fourth-order valence-electron chi connectivity index (χ4n) is 2.89. The second kappa shape index (κ2) is 6.72. The molecule has 1 nitrogen and oxygen atoms in total. The molecule has 0 saturated carbocycles. The molecule has 0 aromatic heterocycles. The van der Waals surface area contributed by atoms with E-state index in [1.807, 2.05) is 0 Å². The van der Waals surface area contributed by atoms with Crippen LogP contribution >= 0.6 is 0 Å². The van der Waals surface area contributed by atoms with Crippen molar-refractivity contribution in [2.24, 2.45) is 10.9 Å². The molecule has 0 N–H and O–H groups in total. The maximum atomic E-state index is 4.84. The van der Waals surface area contributed by atoms with Crippen LogP contribution in [0.25, 0.3) is 0 Å². The van der Waals surface area contributed by atoms with E-state index in [0.29, 0.717) is 5.92 Å². The summed E-state index contributed by atoms with van der Waals surface area (Å²) in [6.07, 6.45) is 7.64. The van der Waals surface area contributed by atoms with Crippen molar-refractivity contribution >= 4 is 5.71 Å². The highest BCUT2D eigenvalue weighted by Crippen LogP contribution is 2.25. The van der Waals surface area contributed by atoms with Crippen LogP contribution in [0.15, 0.2) is 29.3 Å². The number of aliphatic imine (C=N–C) groups is 1. The number of fused-ring (bicyclic) bond motifs is 1. The summed E-state index contributed by atoms with van der Waals surface area (Å²) in [6, 6.07) is 8.83. The van der Waals surface area contributed by atoms with E-state index in [2.05, 4.69) is 38.1 Å². The first-order chi connectivity index (χ1) is 8.86. The van der Waals surface area contributed by atoms with Gasteiger partial charge < -0.3 is 0 Å². The highest BCUT2D eigenvalue weighted by molar-refractivity contribution is 6.04. The summed E-state index contributed by atoms with van der Waals surface area (Å²) < 4.78 is 0. The van der Waals surface area contributed by atoms with Gasteiger partial charge in [-0.3, -0.25) is 4.99 Å². The second-order valence-corrected chi connectivity index (χ2v) is 5.28. The molecule has 2 rings (SSSR count). The third-order valence-electron chi connectivity index (χ3n) is 3.99. The average molecular weight is 243 g/mol. The molecule has 98 valence electrons. The Bertz CT molecular complexity index is 406. The largest absolute Gasteiger partial charge is 0.288 e. The lowest BCUT2D eigenvalue weighted by atomic mass is 9.85. The zero-order chi connectivity index (χ0) is 12.8. The van der Waals surface area contributed by atoms with Gasteiger partial charge in [0.1, 0.15) is 0 Å². The van der Waals surface area contributed by atoms with Crippen LogP contribution in [0.2, 0.25) is 0 Å². The molecular weight excluding hydrogens is 218 g/mol. The molecular formula is C17H25N. The van der Waals surface area contributed by atoms with Crippen molar-refractivity contribution in [2.45, 2.75) is 52.4 Å². The summed E-state index contributed by atoms with van der Waals surface area (Å²) in [5, 5.41) is 0. The zero-order valence-electron chi connectivity index (χ0n) is 11.8. The number of nitrogens with zero attached hydrogens (tertiary/aromatic N) is 1. The molecule has 0 aliphatic carbocycles. The number of unbranched alkanes of at least 4 members (excludes halogenated alkanes) is 2. The fourth-order valence-corrected chi connectivity index (χ4v) is 2.89. The monoisotopic (exact) mass is 243 g/mol. The van der Waals surface area contributed by atoms with E-state index in [9.17, 15) is 0 Å².